The predicted molar refractivity (Wildman–Crippen MR) is 113 cm³/mol. The van der Waals surface area contributed by atoms with Gasteiger partial charge in [0.2, 0.25) is 0 Å². The van der Waals surface area contributed by atoms with Crippen LogP contribution in [-0.4, -0.2) is 34.1 Å². The van der Waals surface area contributed by atoms with Crippen LogP contribution in [0.3, 0.4) is 0 Å². The standard InChI is InChI=1S/C23H19ClF3N3O2/c1-29(13-16-4-3-11-28-12-16)21-18-5-2-6-19(24)20(18)22(31)30(21)14-15-7-9-17(10-8-15)32-23(25,26)27/h2-12,21H,13-14H2,1H3/t21-/m0/s1. The second-order valence-corrected chi connectivity index (χ2v) is 7.89. The fraction of sp³-hybridized carbons (Fsp3) is 0.217. The first-order valence-electron chi connectivity index (χ1n) is 9.76. The maximum atomic E-state index is 13.3. The van der Waals surface area contributed by atoms with E-state index in [1.165, 1.54) is 24.3 Å². The number of hydrogen-bond donors (Lipinski definition) is 0. The van der Waals surface area contributed by atoms with E-state index in [0.717, 1.165) is 11.1 Å². The molecule has 166 valence electrons. The molecule has 4 rings (SSSR count). The molecular formula is C23H19ClF3N3O2. The average molecular weight is 462 g/mol. The lowest BCUT2D eigenvalue weighted by Gasteiger charge is -2.33. The topological polar surface area (TPSA) is 45.7 Å². The molecule has 5 nitrogen and oxygen atoms in total. The summed E-state index contributed by atoms with van der Waals surface area (Å²) in [4.78, 5) is 21.1. The Balaban J connectivity index is 1.62. The third-order valence-corrected chi connectivity index (χ3v) is 5.49. The molecule has 0 unspecified atom stereocenters. The summed E-state index contributed by atoms with van der Waals surface area (Å²) in [5.74, 6) is -0.546. The van der Waals surface area contributed by atoms with E-state index in [1.807, 2.05) is 30.1 Å². The van der Waals surface area contributed by atoms with Crippen LogP contribution in [-0.2, 0) is 13.1 Å². The Labute approximate surface area is 188 Å². The summed E-state index contributed by atoms with van der Waals surface area (Å²) in [7, 11) is 1.90. The summed E-state index contributed by atoms with van der Waals surface area (Å²) in [5.41, 5.74) is 2.86. The maximum absolute atomic E-state index is 13.3. The lowest BCUT2D eigenvalue weighted by atomic mass is 10.1. The molecule has 3 aromatic rings. The van der Waals surface area contributed by atoms with Gasteiger partial charge in [0.15, 0.2) is 0 Å². The van der Waals surface area contributed by atoms with Gasteiger partial charge in [-0.05, 0) is 42.4 Å². The second kappa shape index (κ2) is 8.80. The third-order valence-electron chi connectivity index (χ3n) is 5.18. The predicted octanol–water partition coefficient (Wildman–Crippen LogP) is 5.42. The second-order valence-electron chi connectivity index (χ2n) is 7.48. The van der Waals surface area contributed by atoms with Crippen molar-refractivity contribution in [1.82, 2.24) is 14.8 Å². The van der Waals surface area contributed by atoms with Crippen LogP contribution in [0.4, 0.5) is 13.2 Å². The Bertz CT molecular complexity index is 1110. The molecule has 0 bridgehead atoms. The average Bonchev–Trinajstić information content (AvgIpc) is 3.02. The van der Waals surface area contributed by atoms with Crippen LogP contribution in [0, 0.1) is 0 Å². The molecule has 1 aromatic heterocycles. The molecule has 9 heteroatoms. The van der Waals surface area contributed by atoms with Crippen LogP contribution in [0.2, 0.25) is 5.02 Å². The zero-order valence-corrected chi connectivity index (χ0v) is 17.8. The Hall–Kier alpha value is -3.10. The van der Waals surface area contributed by atoms with Crippen molar-refractivity contribution in [2.75, 3.05) is 7.05 Å². The van der Waals surface area contributed by atoms with Gasteiger partial charge >= 0.3 is 6.36 Å². The monoisotopic (exact) mass is 461 g/mol. The van der Waals surface area contributed by atoms with E-state index < -0.39 is 12.5 Å². The maximum Gasteiger partial charge on any atom is 0.573 e. The zero-order valence-electron chi connectivity index (χ0n) is 17.0. The number of amides is 1. The van der Waals surface area contributed by atoms with Crippen LogP contribution >= 0.6 is 11.6 Å². The molecule has 0 saturated carbocycles. The molecule has 32 heavy (non-hydrogen) atoms. The largest absolute Gasteiger partial charge is 0.573 e. The van der Waals surface area contributed by atoms with Crippen LogP contribution < -0.4 is 4.74 Å². The van der Waals surface area contributed by atoms with Gasteiger partial charge in [0.1, 0.15) is 11.9 Å². The van der Waals surface area contributed by atoms with Crippen molar-refractivity contribution in [3.8, 4) is 5.75 Å². The molecule has 0 N–H and O–H groups in total. The number of benzene rings is 2. The number of rotatable bonds is 6. The van der Waals surface area contributed by atoms with Crippen LogP contribution in [0.25, 0.3) is 0 Å². The summed E-state index contributed by atoms with van der Waals surface area (Å²) < 4.78 is 41.2. The number of carbonyl (C=O) groups excluding carboxylic acids is 1. The van der Waals surface area contributed by atoms with E-state index in [0.29, 0.717) is 22.7 Å². The van der Waals surface area contributed by atoms with Crippen molar-refractivity contribution in [1.29, 1.82) is 0 Å². The van der Waals surface area contributed by atoms with E-state index in [-0.39, 0.29) is 18.2 Å². The van der Waals surface area contributed by atoms with Crippen molar-refractivity contribution in [3.63, 3.8) is 0 Å². The van der Waals surface area contributed by atoms with Gasteiger partial charge < -0.3 is 9.64 Å². The van der Waals surface area contributed by atoms with E-state index in [2.05, 4.69) is 9.72 Å². The van der Waals surface area contributed by atoms with Crippen LogP contribution in [0.15, 0.2) is 67.0 Å². The number of hydrogen-bond acceptors (Lipinski definition) is 4. The van der Waals surface area contributed by atoms with Crippen molar-refractivity contribution >= 4 is 17.5 Å². The lowest BCUT2D eigenvalue weighted by Crippen LogP contribution is -2.37. The number of halogens is 4. The minimum absolute atomic E-state index is 0.193. The Kier molecular flexibility index (Phi) is 6.08. The quantitative estimate of drug-likeness (QED) is 0.491. The molecule has 0 spiro atoms. The molecule has 1 aliphatic rings. The summed E-state index contributed by atoms with van der Waals surface area (Å²) >= 11 is 6.35. The zero-order chi connectivity index (χ0) is 22.9. The van der Waals surface area contributed by atoms with E-state index >= 15 is 0 Å². The van der Waals surface area contributed by atoms with Gasteiger partial charge in [-0.25, -0.2) is 0 Å². The van der Waals surface area contributed by atoms with E-state index in [1.54, 1.807) is 29.4 Å². The summed E-state index contributed by atoms with van der Waals surface area (Å²) in [5, 5.41) is 0.365. The summed E-state index contributed by atoms with van der Waals surface area (Å²) in [6, 6.07) is 14.6. The first-order chi connectivity index (χ1) is 15.2. The van der Waals surface area contributed by atoms with Crippen LogP contribution in [0.5, 0.6) is 5.75 Å². The Morgan fingerprint density at radius 1 is 1.09 bits per heavy atom. The molecular weight excluding hydrogens is 443 g/mol. The molecule has 2 heterocycles. The summed E-state index contributed by atoms with van der Waals surface area (Å²) in [6.07, 6.45) is -1.71. The molecule has 1 amide bonds. The number of ether oxygens (including phenoxy) is 1. The highest BCUT2D eigenvalue weighted by molar-refractivity contribution is 6.34. The molecule has 0 radical (unpaired) electrons. The molecule has 0 fully saturated rings. The first-order valence-corrected chi connectivity index (χ1v) is 10.1. The minimum atomic E-state index is -4.76. The van der Waals surface area contributed by atoms with Crippen LogP contribution in [0.1, 0.15) is 33.2 Å². The number of alkyl halides is 3. The fourth-order valence-corrected chi connectivity index (χ4v) is 4.16. The van der Waals surface area contributed by atoms with Gasteiger partial charge in [0.25, 0.3) is 5.91 Å². The third kappa shape index (κ3) is 4.71. The van der Waals surface area contributed by atoms with Crippen molar-refractivity contribution in [3.05, 3.63) is 94.3 Å². The smallest absolute Gasteiger partial charge is 0.406 e. The number of nitrogens with zero attached hydrogens (tertiary/aromatic N) is 3. The van der Waals surface area contributed by atoms with Crippen molar-refractivity contribution in [2.24, 2.45) is 0 Å². The van der Waals surface area contributed by atoms with Gasteiger partial charge in [-0.15, -0.1) is 13.2 Å². The van der Waals surface area contributed by atoms with Gasteiger partial charge in [-0.2, -0.15) is 0 Å². The Morgan fingerprint density at radius 2 is 1.84 bits per heavy atom. The summed E-state index contributed by atoms with van der Waals surface area (Å²) in [6.45, 7) is 0.727. The minimum Gasteiger partial charge on any atom is -0.406 e. The molecule has 2 aromatic carbocycles. The highest BCUT2D eigenvalue weighted by atomic mass is 35.5. The number of fused-ring (bicyclic) bond motifs is 1. The molecule has 1 aliphatic heterocycles. The highest BCUT2D eigenvalue weighted by Gasteiger charge is 2.40. The fourth-order valence-electron chi connectivity index (χ4n) is 3.90. The van der Waals surface area contributed by atoms with E-state index in [4.69, 9.17) is 11.6 Å². The first kappa shape index (κ1) is 22.1. The Morgan fingerprint density at radius 3 is 2.50 bits per heavy atom. The van der Waals surface area contributed by atoms with Gasteiger partial charge in [-0.3, -0.25) is 14.7 Å². The molecule has 0 saturated heterocycles. The molecule has 0 aliphatic carbocycles. The van der Waals surface area contributed by atoms with Gasteiger partial charge in [0.05, 0.1) is 10.6 Å². The molecule has 1 atom stereocenters. The number of aromatic nitrogens is 1. The number of pyridine rings is 1. The van der Waals surface area contributed by atoms with Crippen molar-refractivity contribution < 1.29 is 22.7 Å². The van der Waals surface area contributed by atoms with Gasteiger partial charge in [-0.1, -0.05) is 41.9 Å². The SMILES string of the molecule is CN(Cc1cccnc1)[C@@H]1c2cccc(Cl)c2C(=O)N1Cc1ccc(OC(F)(F)F)cc1. The normalized spacial score (nSPS) is 15.9. The van der Waals surface area contributed by atoms with Crippen molar-refractivity contribution in [2.45, 2.75) is 25.6 Å². The van der Waals surface area contributed by atoms with E-state index in [9.17, 15) is 18.0 Å². The number of carbonyl (C=O) groups is 1. The highest BCUT2D eigenvalue weighted by Crippen LogP contribution is 2.40. The lowest BCUT2D eigenvalue weighted by molar-refractivity contribution is -0.274. The van der Waals surface area contributed by atoms with Gasteiger partial charge in [0, 0.05) is 31.0 Å².